The zero-order valence-corrected chi connectivity index (χ0v) is 18.5. The summed E-state index contributed by atoms with van der Waals surface area (Å²) >= 11 is 0. The minimum absolute atomic E-state index is 0.00312. The van der Waals surface area contributed by atoms with Gasteiger partial charge in [-0.25, -0.2) is 8.78 Å². The highest BCUT2D eigenvalue weighted by atomic mass is 19.1. The molecule has 1 saturated heterocycles. The molecule has 3 aromatic carbocycles. The molecule has 0 amide bonds. The Balaban J connectivity index is 1.49. The maximum absolute atomic E-state index is 14.9. The zero-order valence-electron chi connectivity index (χ0n) is 18.5. The molecule has 1 fully saturated rings. The number of benzene rings is 3. The van der Waals surface area contributed by atoms with Gasteiger partial charge in [-0.1, -0.05) is 42.5 Å². The van der Waals surface area contributed by atoms with Crippen LogP contribution in [0.5, 0.6) is 0 Å². The van der Waals surface area contributed by atoms with Crippen molar-refractivity contribution in [3.63, 3.8) is 0 Å². The highest BCUT2D eigenvalue weighted by Gasteiger charge is 2.27. The average molecular weight is 445 g/mol. The maximum Gasteiger partial charge on any atom is 0.131 e. The number of likely N-dealkylation sites (N-methyl/N-ethyl adjacent to an activating group) is 1. The van der Waals surface area contributed by atoms with Crippen LogP contribution in [0.1, 0.15) is 17.2 Å². The van der Waals surface area contributed by atoms with E-state index >= 15 is 0 Å². The second-order valence-electron chi connectivity index (χ2n) is 8.60. The number of hydrogen-bond acceptors (Lipinski definition) is 3. The second kappa shape index (κ2) is 9.25. The smallest absolute Gasteiger partial charge is 0.131 e. The van der Waals surface area contributed by atoms with Crippen LogP contribution in [0.25, 0.3) is 22.3 Å². The van der Waals surface area contributed by atoms with E-state index < -0.39 is 0 Å². The number of aromatic amines is 1. The summed E-state index contributed by atoms with van der Waals surface area (Å²) in [6.45, 7) is 3.84. The van der Waals surface area contributed by atoms with Crippen molar-refractivity contribution in [1.29, 1.82) is 0 Å². The zero-order chi connectivity index (χ0) is 22.8. The van der Waals surface area contributed by atoms with E-state index in [1.807, 2.05) is 54.9 Å². The largest absolute Gasteiger partial charge is 0.304 e. The van der Waals surface area contributed by atoms with Crippen LogP contribution in [0.15, 0.2) is 79.1 Å². The Bertz CT molecular complexity index is 1210. The summed E-state index contributed by atoms with van der Waals surface area (Å²) in [6.07, 6.45) is 3.76. The van der Waals surface area contributed by atoms with Gasteiger partial charge in [0.2, 0.25) is 0 Å². The molecule has 2 heterocycles. The molecule has 0 bridgehead atoms. The monoisotopic (exact) mass is 444 g/mol. The van der Waals surface area contributed by atoms with Crippen molar-refractivity contribution < 1.29 is 8.78 Å². The Morgan fingerprint density at radius 1 is 0.818 bits per heavy atom. The predicted molar refractivity (Wildman–Crippen MR) is 127 cm³/mol. The first-order valence-corrected chi connectivity index (χ1v) is 11.2. The normalized spacial score (nSPS) is 16.1. The van der Waals surface area contributed by atoms with Crippen molar-refractivity contribution in [1.82, 2.24) is 20.0 Å². The van der Waals surface area contributed by atoms with Gasteiger partial charge >= 0.3 is 0 Å². The number of nitrogens with one attached hydrogen (secondary N) is 1. The number of aromatic nitrogens is 2. The quantitative estimate of drug-likeness (QED) is 0.450. The topological polar surface area (TPSA) is 35.2 Å². The van der Waals surface area contributed by atoms with Crippen molar-refractivity contribution in [3.8, 4) is 22.3 Å². The second-order valence-corrected chi connectivity index (χ2v) is 8.60. The van der Waals surface area contributed by atoms with Gasteiger partial charge in [0, 0.05) is 43.5 Å². The molecule has 0 saturated carbocycles. The Hall–Kier alpha value is -3.35. The number of hydrogen-bond donors (Lipinski definition) is 1. The third kappa shape index (κ3) is 4.58. The minimum Gasteiger partial charge on any atom is -0.304 e. The molecule has 1 N–H and O–H groups in total. The highest BCUT2D eigenvalue weighted by molar-refractivity contribution is 5.71. The summed E-state index contributed by atoms with van der Waals surface area (Å²) < 4.78 is 28.5. The molecule has 1 atom stereocenters. The van der Waals surface area contributed by atoms with Crippen LogP contribution in [-0.4, -0.2) is 53.2 Å². The van der Waals surface area contributed by atoms with Crippen molar-refractivity contribution >= 4 is 0 Å². The van der Waals surface area contributed by atoms with Crippen LogP contribution >= 0.6 is 0 Å². The number of H-pyrrole nitrogens is 1. The fourth-order valence-corrected chi connectivity index (χ4v) is 4.55. The number of piperazine rings is 1. The Kier molecular flexibility index (Phi) is 6.03. The van der Waals surface area contributed by atoms with Crippen LogP contribution in [-0.2, 0) is 0 Å². The van der Waals surface area contributed by atoms with E-state index in [1.165, 1.54) is 12.1 Å². The Labute approximate surface area is 192 Å². The van der Waals surface area contributed by atoms with Gasteiger partial charge in [-0.15, -0.1) is 0 Å². The third-order valence-corrected chi connectivity index (χ3v) is 6.40. The van der Waals surface area contributed by atoms with Crippen LogP contribution in [0.3, 0.4) is 0 Å². The lowest BCUT2D eigenvalue weighted by molar-refractivity contribution is 0.127. The molecule has 1 aliphatic rings. The molecule has 0 spiro atoms. The number of rotatable bonds is 5. The molecule has 4 nitrogen and oxygen atoms in total. The fraction of sp³-hybridized carbons (Fsp3) is 0.222. The fourth-order valence-electron chi connectivity index (χ4n) is 4.55. The van der Waals surface area contributed by atoms with Gasteiger partial charge in [-0.05, 0) is 53.6 Å². The lowest BCUT2D eigenvalue weighted by atomic mass is 9.94. The molecular weight excluding hydrogens is 418 g/mol. The lowest BCUT2D eigenvalue weighted by Gasteiger charge is -2.38. The van der Waals surface area contributed by atoms with Gasteiger partial charge in [0.1, 0.15) is 11.6 Å². The Morgan fingerprint density at radius 3 is 2.27 bits per heavy atom. The summed E-state index contributed by atoms with van der Waals surface area (Å²) in [7, 11) is 2.13. The van der Waals surface area contributed by atoms with Crippen LogP contribution in [0.2, 0.25) is 0 Å². The molecular formula is C27H26F2N4. The molecule has 1 unspecified atom stereocenters. The van der Waals surface area contributed by atoms with E-state index in [4.69, 9.17) is 0 Å². The van der Waals surface area contributed by atoms with Crippen molar-refractivity contribution in [3.05, 3.63) is 102 Å². The van der Waals surface area contributed by atoms with E-state index in [9.17, 15) is 8.78 Å². The third-order valence-electron chi connectivity index (χ3n) is 6.40. The standard InChI is InChI=1S/C27H26F2N4/c1-32-11-13-33(14-12-32)27(23-17-30-31-18-23)22-9-10-26(29)25(16-22)20-7-5-19(6-8-20)21-3-2-4-24(28)15-21/h2-10,15-18,27H,11-14H2,1H3,(H,30,31). The van der Waals surface area contributed by atoms with Crippen molar-refractivity contribution in [2.24, 2.45) is 0 Å². The van der Waals surface area contributed by atoms with E-state index in [1.54, 1.807) is 12.1 Å². The van der Waals surface area contributed by atoms with Crippen LogP contribution < -0.4 is 0 Å². The van der Waals surface area contributed by atoms with Gasteiger partial charge in [-0.3, -0.25) is 10.00 Å². The van der Waals surface area contributed by atoms with E-state index in [2.05, 4.69) is 27.0 Å². The van der Waals surface area contributed by atoms with Gasteiger partial charge in [0.05, 0.1) is 12.2 Å². The van der Waals surface area contributed by atoms with Gasteiger partial charge < -0.3 is 4.90 Å². The maximum atomic E-state index is 14.9. The van der Waals surface area contributed by atoms with E-state index in [0.29, 0.717) is 5.56 Å². The molecule has 1 aliphatic heterocycles. The summed E-state index contributed by atoms with van der Waals surface area (Å²) in [4.78, 5) is 4.74. The van der Waals surface area contributed by atoms with Crippen molar-refractivity contribution in [2.45, 2.75) is 6.04 Å². The van der Waals surface area contributed by atoms with Crippen LogP contribution in [0.4, 0.5) is 8.78 Å². The summed E-state index contributed by atoms with van der Waals surface area (Å²) in [5.41, 5.74) is 5.14. The number of nitrogens with zero attached hydrogens (tertiary/aromatic N) is 3. The van der Waals surface area contributed by atoms with Gasteiger partial charge in [0.15, 0.2) is 0 Å². The molecule has 0 aliphatic carbocycles. The first-order chi connectivity index (χ1) is 16.1. The lowest BCUT2D eigenvalue weighted by Crippen LogP contribution is -2.46. The van der Waals surface area contributed by atoms with Crippen molar-refractivity contribution in [2.75, 3.05) is 33.2 Å². The molecule has 168 valence electrons. The minimum atomic E-state index is -0.274. The number of halogens is 2. The summed E-state index contributed by atoms with van der Waals surface area (Å²) in [5, 5.41) is 7.08. The SMILES string of the molecule is CN1CCN(C(c2cn[nH]c2)c2ccc(F)c(-c3ccc(-c4cccc(F)c4)cc3)c2)CC1. The highest BCUT2D eigenvalue weighted by Crippen LogP contribution is 2.34. The molecule has 33 heavy (non-hydrogen) atoms. The summed E-state index contributed by atoms with van der Waals surface area (Å²) in [6, 6.07) is 19.5. The average Bonchev–Trinajstić information content (AvgIpc) is 3.36. The molecule has 0 radical (unpaired) electrons. The van der Waals surface area contributed by atoms with Gasteiger partial charge in [0.25, 0.3) is 0 Å². The molecule has 4 aromatic rings. The molecule has 5 rings (SSSR count). The molecule has 6 heteroatoms. The Morgan fingerprint density at radius 2 is 1.58 bits per heavy atom. The first kappa shape index (κ1) is 21.5. The van der Waals surface area contributed by atoms with E-state index in [-0.39, 0.29) is 17.7 Å². The predicted octanol–water partition coefficient (Wildman–Crippen LogP) is 5.36. The molecule has 1 aromatic heterocycles. The van der Waals surface area contributed by atoms with Gasteiger partial charge in [-0.2, -0.15) is 5.10 Å². The van der Waals surface area contributed by atoms with Crippen LogP contribution in [0, 0.1) is 11.6 Å². The summed E-state index contributed by atoms with van der Waals surface area (Å²) in [5.74, 6) is -0.536. The first-order valence-electron chi connectivity index (χ1n) is 11.2. The van der Waals surface area contributed by atoms with E-state index in [0.717, 1.165) is 54.0 Å².